The Labute approximate surface area is 61.0 Å². The number of ether oxygens (including phenoxy) is 1. The van der Waals surface area contributed by atoms with Crippen LogP contribution in [0.2, 0.25) is 0 Å². The van der Waals surface area contributed by atoms with Crippen LogP contribution >= 0.6 is 0 Å². The lowest BCUT2D eigenvalue weighted by molar-refractivity contribution is -0.140. The Bertz CT molecular complexity index is 111. The van der Waals surface area contributed by atoms with E-state index in [9.17, 15) is 4.79 Å². The number of hydrogen-bond acceptors (Lipinski definition) is 3. The molecule has 3 nitrogen and oxygen atoms in total. The van der Waals surface area contributed by atoms with Crippen molar-refractivity contribution in [2.45, 2.75) is 26.9 Å². The molecular formula is C7H14O3. The fourth-order valence-electron chi connectivity index (χ4n) is 0.600. The zero-order chi connectivity index (χ0) is 8.15. The summed E-state index contributed by atoms with van der Waals surface area (Å²) < 4.78 is 4.49. The number of aliphatic hydroxyl groups excluding tert-OH is 1. The van der Waals surface area contributed by atoms with Gasteiger partial charge < -0.3 is 9.84 Å². The predicted octanol–water partition coefficient (Wildman–Crippen LogP) is 0.566. The Morgan fingerprint density at radius 3 is 2.20 bits per heavy atom. The van der Waals surface area contributed by atoms with Gasteiger partial charge in [-0.1, -0.05) is 13.8 Å². The summed E-state index contributed by atoms with van der Waals surface area (Å²) in [6, 6.07) is 0. The number of carbonyl (C=O) groups excluding carboxylic acids is 1. The second kappa shape index (κ2) is 4.28. The van der Waals surface area contributed by atoms with Crippen LogP contribution in [0.4, 0.5) is 0 Å². The van der Waals surface area contributed by atoms with E-state index in [1.807, 2.05) is 13.8 Å². The van der Waals surface area contributed by atoms with E-state index in [0.29, 0.717) is 0 Å². The molecule has 0 aromatic carbocycles. The van der Waals surface area contributed by atoms with E-state index >= 15 is 0 Å². The number of aliphatic hydroxyl groups is 1. The third kappa shape index (κ3) is 1.99. The van der Waals surface area contributed by atoms with E-state index in [0.717, 1.165) is 0 Å². The van der Waals surface area contributed by atoms with Crippen molar-refractivity contribution in [3.8, 4) is 0 Å². The Balaban J connectivity index is 0.000000371. The maximum absolute atomic E-state index is 10.4. The van der Waals surface area contributed by atoms with Crippen molar-refractivity contribution in [3.63, 3.8) is 0 Å². The maximum Gasteiger partial charge on any atom is 0.311 e. The maximum atomic E-state index is 10.4. The minimum Gasteiger partial charge on any atom is -0.463 e. The Hall–Kier alpha value is -0.570. The third-order valence-electron chi connectivity index (χ3n) is 1.35. The summed E-state index contributed by atoms with van der Waals surface area (Å²) in [5.41, 5.74) is 0. The zero-order valence-corrected chi connectivity index (χ0v) is 6.63. The number of esters is 1. The number of rotatable bonds is 0. The molecule has 0 bridgehead atoms. The van der Waals surface area contributed by atoms with E-state index in [2.05, 4.69) is 4.74 Å². The molecule has 0 amide bonds. The van der Waals surface area contributed by atoms with E-state index in [4.69, 9.17) is 5.11 Å². The summed E-state index contributed by atoms with van der Waals surface area (Å²) in [6.45, 7) is 5.82. The van der Waals surface area contributed by atoms with Gasteiger partial charge in [0, 0.05) is 0 Å². The van der Waals surface area contributed by atoms with Crippen LogP contribution < -0.4 is 0 Å². The fraction of sp³-hybridized carbons (Fsp3) is 0.857. The number of cyclic esters (lactones) is 1. The van der Waals surface area contributed by atoms with Gasteiger partial charge >= 0.3 is 5.97 Å². The summed E-state index contributed by atoms with van der Waals surface area (Å²) in [7, 11) is 0. The SMILES string of the molecule is CC.C[C@H]1C(=O)OC[C@H]1O. The lowest BCUT2D eigenvalue weighted by Gasteiger charge is -1.97. The molecule has 2 atom stereocenters. The van der Waals surface area contributed by atoms with E-state index in [1.165, 1.54) is 0 Å². The van der Waals surface area contributed by atoms with Gasteiger partial charge in [-0.05, 0) is 6.92 Å². The first-order valence-electron chi connectivity index (χ1n) is 3.56. The number of hydrogen-bond donors (Lipinski definition) is 1. The summed E-state index contributed by atoms with van der Waals surface area (Å²) in [4.78, 5) is 10.4. The predicted molar refractivity (Wildman–Crippen MR) is 37.5 cm³/mol. The Morgan fingerprint density at radius 2 is 2.10 bits per heavy atom. The molecule has 1 saturated heterocycles. The van der Waals surface area contributed by atoms with Gasteiger partial charge in [0.1, 0.15) is 12.7 Å². The first kappa shape index (κ1) is 9.43. The normalized spacial score (nSPS) is 30.6. The molecule has 1 N–H and O–H groups in total. The molecule has 1 aliphatic heterocycles. The molecule has 1 rings (SSSR count). The molecule has 0 radical (unpaired) electrons. The Kier molecular flexibility index (Phi) is 4.03. The second-order valence-electron chi connectivity index (χ2n) is 1.99. The standard InChI is InChI=1S/C5H8O3.C2H6/c1-3-4(6)2-8-5(3)7;1-2/h3-4,6H,2H2,1H3;1-2H3/t3-,4-;/m1./s1. The van der Waals surface area contributed by atoms with Crippen LogP contribution in [0.1, 0.15) is 20.8 Å². The fourth-order valence-corrected chi connectivity index (χ4v) is 0.600. The van der Waals surface area contributed by atoms with Gasteiger partial charge in [-0.25, -0.2) is 0 Å². The van der Waals surface area contributed by atoms with Gasteiger partial charge in [-0.15, -0.1) is 0 Å². The molecule has 0 aromatic heterocycles. The van der Waals surface area contributed by atoms with E-state index in [1.54, 1.807) is 6.92 Å². The number of carbonyl (C=O) groups is 1. The van der Waals surface area contributed by atoms with Crippen LogP contribution in [0.3, 0.4) is 0 Å². The minimum absolute atomic E-state index is 0.167. The monoisotopic (exact) mass is 146 g/mol. The quantitative estimate of drug-likeness (QED) is 0.508. The molecule has 1 fully saturated rings. The first-order chi connectivity index (χ1) is 4.72. The van der Waals surface area contributed by atoms with Crippen molar-refractivity contribution >= 4 is 5.97 Å². The molecule has 3 heteroatoms. The summed E-state index contributed by atoms with van der Waals surface area (Å²) in [5.74, 6) is -0.618. The van der Waals surface area contributed by atoms with Gasteiger partial charge in [0.2, 0.25) is 0 Å². The van der Waals surface area contributed by atoms with Crippen LogP contribution in [0.5, 0.6) is 0 Å². The first-order valence-corrected chi connectivity index (χ1v) is 3.56. The molecule has 0 spiro atoms. The average Bonchev–Trinajstić information content (AvgIpc) is 2.25. The zero-order valence-electron chi connectivity index (χ0n) is 6.63. The minimum atomic E-state index is -0.581. The van der Waals surface area contributed by atoms with Crippen molar-refractivity contribution in [2.75, 3.05) is 6.61 Å². The van der Waals surface area contributed by atoms with Crippen molar-refractivity contribution in [1.29, 1.82) is 0 Å². The smallest absolute Gasteiger partial charge is 0.311 e. The van der Waals surface area contributed by atoms with Gasteiger partial charge in [0.15, 0.2) is 0 Å². The summed E-state index contributed by atoms with van der Waals surface area (Å²) in [5, 5.41) is 8.82. The van der Waals surface area contributed by atoms with Gasteiger partial charge in [-0.2, -0.15) is 0 Å². The molecule has 0 aromatic rings. The third-order valence-corrected chi connectivity index (χ3v) is 1.35. The molecule has 0 saturated carbocycles. The largest absolute Gasteiger partial charge is 0.463 e. The topological polar surface area (TPSA) is 46.5 Å². The highest BCUT2D eigenvalue weighted by Crippen LogP contribution is 2.12. The van der Waals surface area contributed by atoms with Crippen LogP contribution in [0.25, 0.3) is 0 Å². The van der Waals surface area contributed by atoms with Crippen LogP contribution in [-0.2, 0) is 9.53 Å². The van der Waals surface area contributed by atoms with Crippen molar-refractivity contribution in [3.05, 3.63) is 0 Å². The highest BCUT2D eigenvalue weighted by molar-refractivity contribution is 5.74. The van der Waals surface area contributed by atoms with Crippen molar-refractivity contribution in [1.82, 2.24) is 0 Å². The molecule has 10 heavy (non-hydrogen) atoms. The van der Waals surface area contributed by atoms with Gasteiger partial charge in [0.25, 0.3) is 0 Å². The van der Waals surface area contributed by atoms with E-state index < -0.39 is 6.10 Å². The highest BCUT2D eigenvalue weighted by Gasteiger charge is 2.30. The van der Waals surface area contributed by atoms with Gasteiger partial charge in [-0.3, -0.25) is 4.79 Å². The van der Waals surface area contributed by atoms with Crippen LogP contribution in [0, 0.1) is 5.92 Å². The molecule has 1 heterocycles. The molecule has 0 aliphatic carbocycles. The lowest BCUT2D eigenvalue weighted by Crippen LogP contribution is -2.16. The van der Waals surface area contributed by atoms with Crippen LogP contribution in [0.15, 0.2) is 0 Å². The molecule has 60 valence electrons. The summed E-state index contributed by atoms with van der Waals surface area (Å²) in [6.07, 6.45) is -0.581. The summed E-state index contributed by atoms with van der Waals surface area (Å²) >= 11 is 0. The average molecular weight is 146 g/mol. The molecule has 0 unspecified atom stereocenters. The lowest BCUT2D eigenvalue weighted by atomic mass is 10.1. The molecular weight excluding hydrogens is 132 g/mol. The van der Waals surface area contributed by atoms with E-state index in [-0.39, 0.29) is 18.5 Å². The highest BCUT2D eigenvalue weighted by atomic mass is 16.6. The van der Waals surface area contributed by atoms with Crippen molar-refractivity contribution < 1.29 is 14.6 Å². The van der Waals surface area contributed by atoms with Crippen LogP contribution in [-0.4, -0.2) is 23.8 Å². The van der Waals surface area contributed by atoms with Gasteiger partial charge in [0.05, 0.1) is 5.92 Å². The van der Waals surface area contributed by atoms with Crippen molar-refractivity contribution in [2.24, 2.45) is 5.92 Å². The molecule has 1 aliphatic rings. The second-order valence-corrected chi connectivity index (χ2v) is 1.99. The Morgan fingerprint density at radius 1 is 1.60 bits per heavy atom.